The largest absolute Gasteiger partial charge is 0.506 e. The first kappa shape index (κ1) is 16.7. The molecular formula is C14H10ClN3O4S. The van der Waals surface area contributed by atoms with Crippen LogP contribution in [0.25, 0.3) is 0 Å². The van der Waals surface area contributed by atoms with Crippen LogP contribution in [0, 0.1) is 10.1 Å². The summed E-state index contributed by atoms with van der Waals surface area (Å²) < 4.78 is 0. The van der Waals surface area contributed by atoms with Gasteiger partial charge in [0.1, 0.15) is 5.75 Å². The lowest BCUT2D eigenvalue weighted by atomic mass is 10.2. The third-order valence-electron chi connectivity index (χ3n) is 2.75. The van der Waals surface area contributed by atoms with Gasteiger partial charge in [0.2, 0.25) is 0 Å². The van der Waals surface area contributed by atoms with Gasteiger partial charge in [-0.25, -0.2) is 0 Å². The predicted octanol–water partition coefficient (Wildman–Crippen LogP) is 3.08. The lowest BCUT2D eigenvalue weighted by molar-refractivity contribution is -0.384. The molecule has 2 rings (SSSR count). The molecule has 3 N–H and O–H groups in total. The number of halogens is 1. The van der Waals surface area contributed by atoms with E-state index in [1.54, 1.807) is 18.2 Å². The molecule has 0 aliphatic rings. The molecule has 0 aromatic heterocycles. The van der Waals surface area contributed by atoms with Gasteiger partial charge in [-0.1, -0.05) is 17.7 Å². The number of nitrogens with zero attached hydrogens (tertiary/aromatic N) is 1. The number of nitrogens with one attached hydrogen (secondary N) is 2. The van der Waals surface area contributed by atoms with Gasteiger partial charge >= 0.3 is 0 Å². The normalized spacial score (nSPS) is 9.96. The van der Waals surface area contributed by atoms with E-state index in [9.17, 15) is 20.0 Å². The third-order valence-corrected chi connectivity index (χ3v) is 3.19. The van der Waals surface area contributed by atoms with Crippen LogP contribution < -0.4 is 10.6 Å². The first-order valence-electron chi connectivity index (χ1n) is 6.22. The summed E-state index contributed by atoms with van der Waals surface area (Å²) in [5.74, 6) is -0.745. The highest BCUT2D eigenvalue weighted by Crippen LogP contribution is 2.27. The van der Waals surface area contributed by atoms with Gasteiger partial charge in [0, 0.05) is 22.7 Å². The third kappa shape index (κ3) is 4.38. The second kappa shape index (κ2) is 7.03. The zero-order chi connectivity index (χ0) is 17.0. The number of nitro groups is 1. The van der Waals surface area contributed by atoms with E-state index in [0.717, 1.165) is 18.2 Å². The summed E-state index contributed by atoms with van der Waals surface area (Å²) in [5, 5.41) is 25.6. The summed E-state index contributed by atoms with van der Waals surface area (Å²) in [6.07, 6.45) is 0. The number of non-ortho nitro benzene ring substituents is 1. The summed E-state index contributed by atoms with van der Waals surface area (Å²) in [6.45, 7) is 0. The lowest BCUT2D eigenvalue weighted by Gasteiger charge is -2.11. The molecular weight excluding hydrogens is 342 g/mol. The Morgan fingerprint density at radius 1 is 1.26 bits per heavy atom. The number of phenolic OH excluding ortho intramolecular Hbond substituents is 1. The van der Waals surface area contributed by atoms with Crippen molar-refractivity contribution in [1.29, 1.82) is 0 Å². The summed E-state index contributed by atoms with van der Waals surface area (Å²) in [7, 11) is 0. The Morgan fingerprint density at radius 2 is 2.00 bits per heavy atom. The maximum absolute atomic E-state index is 12.0. The fourth-order valence-corrected chi connectivity index (χ4v) is 2.09. The molecule has 23 heavy (non-hydrogen) atoms. The molecule has 2 aromatic rings. The van der Waals surface area contributed by atoms with Crippen molar-refractivity contribution in [2.45, 2.75) is 0 Å². The molecule has 0 aliphatic carbocycles. The van der Waals surface area contributed by atoms with Gasteiger partial charge in [0.25, 0.3) is 11.6 Å². The maximum atomic E-state index is 12.0. The van der Waals surface area contributed by atoms with Gasteiger partial charge < -0.3 is 10.4 Å². The quantitative estimate of drug-likeness (QED) is 0.340. The first-order valence-corrected chi connectivity index (χ1v) is 7.01. The minimum absolute atomic E-state index is 0.00981. The molecule has 0 unspecified atom stereocenters. The number of nitro benzene ring substituents is 1. The van der Waals surface area contributed by atoms with Gasteiger partial charge in [0.15, 0.2) is 5.11 Å². The molecule has 1 amide bonds. The zero-order valence-electron chi connectivity index (χ0n) is 11.4. The van der Waals surface area contributed by atoms with E-state index in [-0.39, 0.29) is 22.2 Å². The number of carbonyl (C=O) groups is 1. The number of amides is 1. The van der Waals surface area contributed by atoms with Crippen LogP contribution in [-0.4, -0.2) is 21.0 Å². The topological polar surface area (TPSA) is 104 Å². The summed E-state index contributed by atoms with van der Waals surface area (Å²) >= 11 is 10.8. The van der Waals surface area contributed by atoms with Crippen molar-refractivity contribution in [3.63, 3.8) is 0 Å². The molecule has 0 atom stereocenters. The number of thiocarbonyl (C=S) groups is 1. The highest BCUT2D eigenvalue weighted by atomic mass is 35.5. The van der Waals surface area contributed by atoms with E-state index < -0.39 is 10.8 Å². The fourth-order valence-electron chi connectivity index (χ4n) is 1.70. The number of benzene rings is 2. The molecule has 2 aromatic carbocycles. The second-order valence-corrected chi connectivity index (χ2v) is 5.22. The Morgan fingerprint density at radius 3 is 2.65 bits per heavy atom. The average Bonchev–Trinajstić information content (AvgIpc) is 2.49. The lowest BCUT2D eigenvalue weighted by Crippen LogP contribution is -2.34. The van der Waals surface area contributed by atoms with Crippen molar-refractivity contribution >= 4 is 46.2 Å². The van der Waals surface area contributed by atoms with Gasteiger partial charge in [-0.3, -0.25) is 20.2 Å². The number of hydrogen-bond donors (Lipinski definition) is 3. The van der Waals surface area contributed by atoms with E-state index in [1.807, 2.05) is 0 Å². The van der Waals surface area contributed by atoms with E-state index in [1.165, 1.54) is 6.07 Å². The summed E-state index contributed by atoms with van der Waals surface area (Å²) in [5.41, 5.74) is 0.0785. The predicted molar refractivity (Wildman–Crippen MR) is 89.9 cm³/mol. The number of phenols is 1. The monoisotopic (exact) mass is 351 g/mol. The van der Waals surface area contributed by atoms with Crippen LogP contribution in [0.3, 0.4) is 0 Å². The standard InChI is InChI=1S/C14H10ClN3O4S/c15-9-3-1-2-8(6-9)13(20)17-14(23)16-11-7-10(18(21)22)4-5-12(11)19/h1-7,19H,(H2,16,17,20,23). The van der Waals surface area contributed by atoms with Crippen molar-refractivity contribution in [3.8, 4) is 5.75 Å². The Hall–Kier alpha value is -2.71. The molecule has 0 bridgehead atoms. The van der Waals surface area contributed by atoms with E-state index in [4.69, 9.17) is 23.8 Å². The molecule has 0 radical (unpaired) electrons. The van der Waals surface area contributed by atoms with Crippen molar-refractivity contribution in [1.82, 2.24) is 5.32 Å². The number of anilines is 1. The Bertz CT molecular complexity index is 797. The molecule has 118 valence electrons. The van der Waals surface area contributed by atoms with Crippen molar-refractivity contribution in [2.24, 2.45) is 0 Å². The molecule has 9 heteroatoms. The molecule has 0 saturated carbocycles. The molecule has 0 aliphatic heterocycles. The SMILES string of the molecule is O=C(NC(=S)Nc1cc([N+](=O)[O-])ccc1O)c1cccc(Cl)c1. The second-order valence-electron chi connectivity index (χ2n) is 4.38. The number of carbonyl (C=O) groups excluding carboxylic acids is 1. The van der Waals surface area contributed by atoms with Gasteiger partial charge in [-0.05, 0) is 36.5 Å². The minimum Gasteiger partial charge on any atom is -0.506 e. The maximum Gasteiger partial charge on any atom is 0.271 e. The molecule has 0 heterocycles. The van der Waals surface area contributed by atoms with E-state index in [2.05, 4.69) is 10.6 Å². The average molecular weight is 352 g/mol. The van der Waals surface area contributed by atoms with Gasteiger partial charge in [-0.15, -0.1) is 0 Å². The van der Waals surface area contributed by atoms with Gasteiger partial charge in [0.05, 0.1) is 10.6 Å². The van der Waals surface area contributed by atoms with Crippen LogP contribution >= 0.6 is 23.8 Å². The van der Waals surface area contributed by atoms with Crippen LogP contribution in [0.1, 0.15) is 10.4 Å². The van der Waals surface area contributed by atoms with Crippen LogP contribution in [0.2, 0.25) is 5.02 Å². The number of rotatable bonds is 3. The van der Waals surface area contributed by atoms with Crippen molar-refractivity contribution < 1.29 is 14.8 Å². The fraction of sp³-hybridized carbons (Fsp3) is 0. The Kier molecular flexibility index (Phi) is 5.09. The Balaban J connectivity index is 2.09. The summed E-state index contributed by atoms with van der Waals surface area (Å²) in [6, 6.07) is 9.65. The molecule has 0 fully saturated rings. The minimum atomic E-state index is -0.613. The molecule has 0 spiro atoms. The van der Waals surface area contributed by atoms with Crippen LogP contribution in [0.5, 0.6) is 5.75 Å². The Labute approximate surface area is 141 Å². The number of aromatic hydroxyl groups is 1. The van der Waals surface area contributed by atoms with Crippen molar-refractivity contribution in [2.75, 3.05) is 5.32 Å². The van der Waals surface area contributed by atoms with E-state index >= 15 is 0 Å². The highest BCUT2D eigenvalue weighted by molar-refractivity contribution is 7.80. The number of hydrogen-bond acceptors (Lipinski definition) is 5. The molecule has 0 saturated heterocycles. The van der Waals surface area contributed by atoms with Crippen LogP contribution in [0.15, 0.2) is 42.5 Å². The smallest absolute Gasteiger partial charge is 0.271 e. The van der Waals surface area contributed by atoms with Crippen molar-refractivity contribution in [3.05, 3.63) is 63.2 Å². The molecule has 7 nitrogen and oxygen atoms in total. The van der Waals surface area contributed by atoms with Crippen LogP contribution in [0.4, 0.5) is 11.4 Å². The zero-order valence-corrected chi connectivity index (χ0v) is 13.0. The van der Waals surface area contributed by atoms with E-state index in [0.29, 0.717) is 10.6 Å². The summed E-state index contributed by atoms with van der Waals surface area (Å²) in [4.78, 5) is 22.1. The highest BCUT2D eigenvalue weighted by Gasteiger charge is 2.13. The van der Waals surface area contributed by atoms with Crippen LogP contribution in [-0.2, 0) is 0 Å². The van der Waals surface area contributed by atoms with Gasteiger partial charge in [-0.2, -0.15) is 0 Å². The first-order chi connectivity index (χ1) is 10.9.